The van der Waals surface area contributed by atoms with Gasteiger partial charge in [-0.05, 0) is 42.1 Å². The molecule has 0 saturated carbocycles. The first-order valence-electron chi connectivity index (χ1n) is 7.31. The number of benzene rings is 2. The highest BCUT2D eigenvalue weighted by atomic mass is 35.5. The zero-order valence-corrected chi connectivity index (χ0v) is 12.6. The molecule has 21 heavy (non-hydrogen) atoms. The van der Waals surface area contributed by atoms with Gasteiger partial charge in [0.25, 0.3) is 0 Å². The molecule has 0 spiro atoms. The van der Waals surface area contributed by atoms with Crippen LogP contribution in [0.2, 0.25) is 5.02 Å². The molecule has 3 heteroatoms. The Hall–Kier alpha value is -1.64. The van der Waals surface area contributed by atoms with Gasteiger partial charge in [0, 0.05) is 23.6 Å². The Bertz CT molecular complexity index is 630. The summed E-state index contributed by atoms with van der Waals surface area (Å²) in [6, 6.07) is 15.6. The predicted octanol–water partition coefficient (Wildman–Crippen LogP) is 3.84. The van der Waals surface area contributed by atoms with Gasteiger partial charge in [-0.3, -0.25) is 4.79 Å². The second-order valence-corrected chi connectivity index (χ2v) is 5.98. The summed E-state index contributed by atoms with van der Waals surface area (Å²) in [4.78, 5) is 12.2. The Morgan fingerprint density at radius 2 is 2.00 bits per heavy atom. The van der Waals surface area contributed by atoms with E-state index in [1.54, 1.807) is 12.1 Å². The molecule has 1 heterocycles. The smallest absolute Gasteiger partial charge is 0.167 e. The lowest BCUT2D eigenvalue weighted by atomic mass is 9.95. The third kappa shape index (κ3) is 3.52. The van der Waals surface area contributed by atoms with Gasteiger partial charge in [-0.25, -0.2) is 0 Å². The summed E-state index contributed by atoms with van der Waals surface area (Å²) in [5.74, 6) is 0.718. The molecule has 1 aliphatic rings. The van der Waals surface area contributed by atoms with E-state index < -0.39 is 0 Å². The maximum atomic E-state index is 12.2. The van der Waals surface area contributed by atoms with Gasteiger partial charge in [-0.1, -0.05) is 48.0 Å². The van der Waals surface area contributed by atoms with Crippen molar-refractivity contribution in [3.63, 3.8) is 0 Å². The van der Waals surface area contributed by atoms with E-state index in [1.807, 2.05) is 12.1 Å². The van der Waals surface area contributed by atoms with Crippen LogP contribution in [0.4, 0.5) is 0 Å². The Morgan fingerprint density at radius 1 is 1.19 bits per heavy atom. The second-order valence-electron chi connectivity index (χ2n) is 5.54. The standard InChI is InChI=1S/C18H18ClNO/c19-17-3-1-2-15(11-17)18(21)10-13-4-6-14(7-5-13)16-8-9-20-12-16/h1-7,11,16,20H,8-10,12H2. The van der Waals surface area contributed by atoms with Crippen LogP contribution in [0.15, 0.2) is 48.5 Å². The van der Waals surface area contributed by atoms with Gasteiger partial charge < -0.3 is 5.32 Å². The second kappa shape index (κ2) is 6.42. The van der Waals surface area contributed by atoms with Crippen molar-refractivity contribution < 1.29 is 4.79 Å². The summed E-state index contributed by atoms with van der Waals surface area (Å²) in [7, 11) is 0. The Balaban J connectivity index is 1.68. The fourth-order valence-electron chi connectivity index (χ4n) is 2.80. The van der Waals surface area contributed by atoms with Gasteiger partial charge in [-0.15, -0.1) is 0 Å². The minimum atomic E-state index is 0.104. The van der Waals surface area contributed by atoms with Gasteiger partial charge in [0.2, 0.25) is 0 Å². The van der Waals surface area contributed by atoms with Crippen molar-refractivity contribution in [3.05, 3.63) is 70.2 Å². The highest BCUT2D eigenvalue weighted by Gasteiger charge is 2.16. The molecule has 1 fully saturated rings. The third-order valence-corrected chi connectivity index (χ3v) is 4.26. The van der Waals surface area contributed by atoms with Crippen LogP contribution in [0, 0.1) is 0 Å². The summed E-state index contributed by atoms with van der Waals surface area (Å²) in [5, 5.41) is 3.98. The van der Waals surface area contributed by atoms with Gasteiger partial charge in [-0.2, -0.15) is 0 Å². The van der Waals surface area contributed by atoms with Crippen LogP contribution in [-0.2, 0) is 6.42 Å². The van der Waals surface area contributed by atoms with Crippen molar-refractivity contribution in [2.75, 3.05) is 13.1 Å². The number of rotatable bonds is 4. The molecule has 0 aliphatic carbocycles. The molecule has 0 amide bonds. The highest BCUT2D eigenvalue weighted by molar-refractivity contribution is 6.31. The van der Waals surface area contributed by atoms with Crippen molar-refractivity contribution in [1.82, 2.24) is 5.32 Å². The largest absolute Gasteiger partial charge is 0.316 e. The lowest BCUT2D eigenvalue weighted by molar-refractivity contribution is 0.0993. The van der Waals surface area contributed by atoms with Crippen molar-refractivity contribution in [2.45, 2.75) is 18.8 Å². The molecular weight excluding hydrogens is 282 g/mol. The molecule has 108 valence electrons. The van der Waals surface area contributed by atoms with Crippen molar-refractivity contribution in [2.24, 2.45) is 0 Å². The molecule has 1 saturated heterocycles. The van der Waals surface area contributed by atoms with E-state index in [1.165, 1.54) is 12.0 Å². The predicted molar refractivity (Wildman–Crippen MR) is 86.2 cm³/mol. The quantitative estimate of drug-likeness (QED) is 0.869. The van der Waals surface area contributed by atoms with E-state index in [2.05, 4.69) is 29.6 Å². The van der Waals surface area contributed by atoms with Crippen LogP contribution in [0.1, 0.15) is 33.8 Å². The maximum absolute atomic E-state index is 12.2. The monoisotopic (exact) mass is 299 g/mol. The van der Waals surface area contributed by atoms with Crippen LogP contribution in [0.5, 0.6) is 0 Å². The average Bonchev–Trinajstić information content (AvgIpc) is 3.02. The number of hydrogen-bond donors (Lipinski definition) is 1. The molecule has 1 aliphatic heterocycles. The summed E-state index contributed by atoms with van der Waals surface area (Å²) < 4.78 is 0. The number of carbonyl (C=O) groups is 1. The minimum Gasteiger partial charge on any atom is -0.316 e. The normalized spacial score (nSPS) is 17.9. The summed E-state index contributed by atoms with van der Waals surface area (Å²) in [6.45, 7) is 2.15. The Morgan fingerprint density at radius 3 is 2.67 bits per heavy atom. The van der Waals surface area contributed by atoms with Gasteiger partial charge in [0.15, 0.2) is 5.78 Å². The van der Waals surface area contributed by atoms with Crippen molar-refractivity contribution in [3.8, 4) is 0 Å². The fourth-order valence-corrected chi connectivity index (χ4v) is 2.99. The number of nitrogens with one attached hydrogen (secondary N) is 1. The molecule has 1 unspecified atom stereocenters. The summed E-state index contributed by atoms with van der Waals surface area (Å²) in [5.41, 5.74) is 3.08. The topological polar surface area (TPSA) is 29.1 Å². The summed E-state index contributed by atoms with van der Waals surface area (Å²) >= 11 is 5.93. The molecule has 3 rings (SSSR count). The lowest BCUT2D eigenvalue weighted by Gasteiger charge is -2.09. The number of Topliss-reactive ketones (excluding diaryl/α,β-unsaturated/α-hetero) is 1. The average molecular weight is 300 g/mol. The molecule has 2 aromatic rings. The lowest BCUT2D eigenvalue weighted by Crippen LogP contribution is -2.08. The van der Waals surface area contributed by atoms with E-state index in [9.17, 15) is 4.79 Å². The minimum absolute atomic E-state index is 0.104. The first-order chi connectivity index (χ1) is 10.2. The van der Waals surface area contributed by atoms with Crippen LogP contribution >= 0.6 is 11.6 Å². The Kier molecular flexibility index (Phi) is 4.37. The molecule has 0 aromatic heterocycles. The van der Waals surface area contributed by atoms with E-state index >= 15 is 0 Å². The summed E-state index contributed by atoms with van der Waals surface area (Å²) in [6.07, 6.45) is 1.62. The van der Waals surface area contributed by atoms with Crippen molar-refractivity contribution in [1.29, 1.82) is 0 Å². The number of ketones is 1. The van der Waals surface area contributed by atoms with Crippen LogP contribution in [-0.4, -0.2) is 18.9 Å². The van der Waals surface area contributed by atoms with Crippen LogP contribution in [0.3, 0.4) is 0 Å². The molecule has 2 nitrogen and oxygen atoms in total. The number of carbonyl (C=O) groups excluding carboxylic acids is 1. The van der Waals surface area contributed by atoms with E-state index in [0.29, 0.717) is 22.9 Å². The molecule has 0 bridgehead atoms. The van der Waals surface area contributed by atoms with E-state index in [-0.39, 0.29) is 5.78 Å². The molecule has 1 atom stereocenters. The molecular formula is C18H18ClNO. The van der Waals surface area contributed by atoms with Crippen LogP contribution in [0.25, 0.3) is 0 Å². The SMILES string of the molecule is O=C(Cc1ccc(C2CCNC2)cc1)c1cccc(Cl)c1. The highest BCUT2D eigenvalue weighted by Crippen LogP contribution is 2.23. The Labute approximate surface area is 130 Å². The van der Waals surface area contributed by atoms with Gasteiger partial charge in [0.05, 0.1) is 0 Å². The zero-order chi connectivity index (χ0) is 14.7. The van der Waals surface area contributed by atoms with E-state index in [4.69, 9.17) is 11.6 Å². The van der Waals surface area contributed by atoms with Gasteiger partial charge in [0.1, 0.15) is 0 Å². The number of halogens is 1. The maximum Gasteiger partial charge on any atom is 0.167 e. The molecule has 0 radical (unpaired) electrons. The zero-order valence-electron chi connectivity index (χ0n) is 11.8. The first-order valence-corrected chi connectivity index (χ1v) is 7.68. The fraction of sp³-hybridized carbons (Fsp3) is 0.278. The van der Waals surface area contributed by atoms with Crippen LogP contribution < -0.4 is 5.32 Å². The third-order valence-electron chi connectivity index (χ3n) is 4.02. The molecule has 1 N–H and O–H groups in total. The first kappa shape index (κ1) is 14.3. The number of hydrogen-bond acceptors (Lipinski definition) is 2. The molecule has 2 aromatic carbocycles. The van der Waals surface area contributed by atoms with E-state index in [0.717, 1.165) is 18.7 Å². The van der Waals surface area contributed by atoms with Crippen molar-refractivity contribution >= 4 is 17.4 Å². The van der Waals surface area contributed by atoms with Gasteiger partial charge >= 0.3 is 0 Å².